The molecule has 2 N–H and O–H groups in total. The Labute approximate surface area is 139 Å². The summed E-state index contributed by atoms with van der Waals surface area (Å²) in [4.78, 5) is 18.5. The van der Waals surface area contributed by atoms with Gasteiger partial charge in [0.25, 0.3) is 5.91 Å². The smallest absolute Gasteiger partial charge is 0.358 e. The van der Waals surface area contributed by atoms with Crippen molar-refractivity contribution in [3.63, 3.8) is 0 Å². The normalized spacial score (nSPS) is 14.6. The zero-order valence-electron chi connectivity index (χ0n) is 13.0. The van der Waals surface area contributed by atoms with Crippen molar-refractivity contribution in [1.82, 2.24) is 4.90 Å². The molecule has 0 unspecified atom stereocenters. The maximum Gasteiger partial charge on any atom is 0.358 e. The monoisotopic (exact) mass is 330 g/mol. The molecule has 1 aliphatic heterocycles. The van der Waals surface area contributed by atoms with Crippen LogP contribution in [0.2, 0.25) is 0 Å². The molecular weight excluding hydrogens is 310 g/mol. The molecule has 6 heteroatoms. The molecule has 0 fully saturated rings. The van der Waals surface area contributed by atoms with E-state index in [4.69, 9.17) is 4.74 Å². The van der Waals surface area contributed by atoms with Gasteiger partial charge in [0.2, 0.25) is 0 Å². The van der Waals surface area contributed by atoms with Gasteiger partial charge in [-0.25, -0.2) is 5.32 Å². The Bertz CT molecular complexity index is 680. The largest absolute Gasteiger partial charge is 0.494 e. The Morgan fingerprint density at radius 1 is 1.30 bits per heavy atom. The number of benzene rings is 1. The van der Waals surface area contributed by atoms with Crippen LogP contribution in [-0.4, -0.2) is 29.9 Å². The van der Waals surface area contributed by atoms with Crippen molar-refractivity contribution in [2.75, 3.05) is 18.5 Å². The van der Waals surface area contributed by atoms with Crippen LogP contribution in [0.15, 0.2) is 41.8 Å². The summed E-state index contributed by atoms with van der Waals surface area (Å²) in [5.41, 5.74) is 0.918. The lowest BCUT2D eigenvalue weighted by atomic mass is 10.2. The van der Waals surface area contributed by atoms with Crippen molar-refractivity contribution in [3.05, 3.63) is 46.7 Å². The molecule has 0 saturated heterocycles. The second-order valence-corrected chi connectivity index (χ2v) is 6.20. The lowest BCUT2D eigenvalue weighted by molar-refractivity contribution is -0.465. The number of carbonyl (C=O) groups excluding carboxylic acids is 1. The molecule has 0 atom stereocenters. The van der Waals surface area contributed by atoms with Crippen LogP contribution in [0.25, 0.3) is 0 Å². The minimum absolute atomic E-state index is 0.130. The fourth-order valence-electron chi connectivity index (χ4n) is 2.42. The summed E-state index contributed by atoms with van der Waals surface area (Å²) in [5, 5.41) is 5.33. The maximum absolute atomic E-state index is 12.3. The van der Waals surface area contributed by atoms with Gasteiger partial charge in [0.1, 0.15) is 12.3 Å². The first-order valence-corrected chi connectivity index (χ1v) is 8.57. The number of carbonyl (C=O) groups is 1. The van der Waals surface area contributed by atoms with Crippen molar-refractivity contribution >= 4 is 28.9 Å². The summed E-state index contributed by atoms with van der Waals surface area (Å²) in [6.07, 6.45) is 0.514. The standard InChI is InChI=1S/C17H19N3O2S/c1-2-22-14-7-5-13(6-8-14)19-17-18-10-9-16(21)20(17)12-15-4-3-11-23-15/h3-8,11H,2,9-10,12H2,1H3,(H,18,19)/p+1. The average Bonchev–Trinajstić information content (AvgIpc) is 3.06. The molecule has 1 aromatic carbocycles. The van der Waals surface area contributed by atoms with Gasteiger partial charge in [0.15, 0.2) is 0 Å². The Morgan fingerprint density at radius 2 is 2.13 bits per heavy atom. The zero-order valence-corrected chi connectivity index (χ0v) is 13.9. The van der Waals surface area contributed by atoms with E-state index in [1.54, 1.807) is 16.2 Å². The predicted octanol–water partition coefficient (Wildman–Crippen LogP) is 1.43. The van der Waals surface area contributed by atoms with E-state index in [0.29, 0.717) is 26.1 Å². The van der Waals surface area contributed by atoms with Crippen LogP contribution in [0.1, 0.15) is 18.2 Å². The fourth-order valence-corrected chi connectivity index (χ4v) is 3.11. The van der Waals surface area contributed by atoms with Gasteiger partial charge in [0.05, 0.1) is 25.3 Å². The van der Waals surface area contributed by atoms with Gasteiger partial charge < -0.3 is 4.74 Å². The first-order chi connectivity index (χ1) is 11.3. The predicted molar refractivity (Wildman–Crippen MR) is 91.6 cm³/mol. The molecule has 0 radical (unpaired) electrons. The minimum Gasteiger partial charge on any atom is -0.494 e. The summed E-state index contributed by atoms with van der Waals surface area (Å²) in [6, 6.07) is 11.8. The number of thiophene rings is 1. The van der Waals surface area contributed by atoms with Crippen LogP contribution in [0.5, 0.6) is 5.75 Å². The zero-order chi connectivity index (χ0) is 16.1. The van der Waals surface area contributed by atoms with Gasteiger partial charge in [-0.3, -0.25) is 9.79 Å². The van der Waals surface area contributed by atoms with E-state index in [-0.39, 0.29) is 5.91 Å². The molecule has 1 amide bonds. The van der Waals surface area contributed by atoms with Gasteiger partial charge in [-0.2, -0.15) is 4.90 Å². The second-order valence-electron chi connectivity index (χ2n) is 5.17. The quantitative estimate of drug-likeness (QED) is 0.872. The summed E-state index contributed by atoms with van der Waals surface area (Å²) in [6.45, 7) is 3.85. The van der Waals surface area contributed by atoms with Gasteiger partial charge in [-0.1, -0.05) is 6.07 Å². The number of guanidine groups is 1. The molecule has 1 aliphatic rings. The van der Waals surface area contributed by atoms with E-state index in [1.807, 2.05) is 48.7 Å². The molecule has 2 aromatic rings. The van der Waals surface area contributed by atoms with Crippen LogP contribution in [-0.2, 0) is 11.3 Å². The summed E-state index contributed by atoms with van der Waals surface area (Å²) in [7, 11) is 0. The molecule has 23 heavy (non-hydrogen) atoms. The summed E-state index contributed by atoms with van der Waals surface area (Å²) < 4.78 is 5.45. The van der Waals surface area contributed by atoms with E-state index < -0.39 is 0 Å². The van der Waals surface area contributed by atoms with Crippen LogP contribution < -0.4 is 15.0 Å². The number of amides is 1. The molecule has 0 bridgehead atoms. The first kappa shape index (κ1) is 15.6. The van der Waals surface area contributed by atoms with Crippen molar-refractivity contribution in [3.8, 4) is 5.75 Å². The van der Waals surface area contributed by atoms with Crippen LogP contribution in [0, 0.1) is 0 Å². The van der Waals surface area contributed by atoms with E-state index in [2.05, 4.69) is 10.3 Å². The Kier molecular flexibility index (Phi) is 4.92. The molecule has 1 aromatic heterocycles. The number of ether oxygens (including phenoxy) is 1. The number of rotatable bonds is 5. The molecular formula is C17H20N3O2S+. The van der Waals surface area contributed by atoms with Gasteiger partial charge in [0, 0.05) is 4.88 Å². The lowest BCUT2D eigenvalue weighted by Crippen LogP contribution is -2.82. The number of anilines is 1. The highest BCUT2D eigenvalue weighted by atomic mass is 32.1. The second kappa shape index (κ2) is 7.28. The van der Waals surface area contributed by atoms with Crippen molar-refractivity contribution in [2.45, 2.75) is 19.9 Å². The van der Waals surface area contributed by atoms with Gasteiger partial charge >= 0.3 is 5.96 Å². The highest BCUT2D eigenvalue weighted by molar-refractivity contribution is 7.09. The van der Waals surface area contributed by atoms with Crippen LogP contribution >= 0.6 is 11.3 Å². The molecule has 5 nitrogen and oxygen atoms in total. The molecule has 3 rings (SSSR count). The lowest BCUT2D eigenvalue weighted by Gasteiger charge is -2.21. The third-order valence-corrected chi connectivity index (χ3v) is 4.39. The van der Waals surface area contributed by atoms with E-state index >= 15 is 0 Å². The topological polar surface area (TPSA) is 55.5 Å². The highest BCUT2D eigenvalue weighted by Gasteiger charge is 2.30. The van der Waals surface area contributed by atoms with E-state index in [0.717, 1.165) is 22.3 Å². The Morgan fingerprint density at radius 3 is 2.83 bits per heavy atom. The molecule has 0 saturated carbocycles. The number of nitrogens with one attached hydrogen (secondary N) is 2. The van der Waals surface area contributed by atoms with E-state index in [1.165, 1.54) is 0 Å². The molecule has 120 valence electrons. The number of hydrogen-bond donors (Lipinski definition) is 2. The average molecular weight is 330 g/mol. The van der Waals surface area contributed by atoms with Crippen LogP contribution in [0.3, 0.4) is 0 Å². The van der Waals surface area contributed by atoms with E-state index in [9.17, 15) is 4.79 Å². The number of nitrogens with zero attached hydrogens (tertiary/aromatic N) is 1. The maximum atomic E-state index is 12.3. The minimum atomic E-state index is 0.130. The molecule has 0 aliphatic carbocycles. The Hall–Kier alpha value is -2.34. The third kappa shape index (κ3) is 3.90. The number of hydrogen-bond acceptors (Lipinski definition) is 4. The summed E-state index contributed by atoms with van der Waals surface area (Å²) in [5.74, 6) is 1.70. The van der Waals surface area contributed by atoms with Crippen molar-refractivity contribution in [1.29, 1.82) is 0 Å². The third-order valence-electron chi connectivity index (χ3n) is 3.52. The van der Waals surface area contributed by atoms with Crippen molar-refractivity contribution in [2.24, 2.45) is 0 Å². The fraction of sp³-hybridized carbons (Fsp3) is 0.294. The van der Waals surface area contributed by atoms with Crippen molar-refractivity contribution < 1.29 is 14.5 Å². The Balaban J connectivity index is 1.73. The highest BCUT2D eigenvalue weighted by Crippen LogP contribution is 2.17. The first-order valence-electron chi connectivity index (χ1n) is 7.69. The molecule has 2 heterocycles. The van der Waals surface area contributed by atoms with Crippen LogP contribution in [0.4, 0.5) is 5.69 Å². The van der Waals surface area contributed by atoms with Gasteiger partial charge in [-0.15, -0.1) is 11.3 Å². The summed E-state index contributed by atoms with van der Waals surface area (Å²) >= 11 is 1.66. The van der Waals surface area contributed by atoms with Gasteiger partial charge in [-0.05, 0) is 42.6 Å². The molecule has 0 spiro atoms. The SMILES string of the molecule is CCOc1ccc(NC2=[NH+]CCC(=O)N2Cc2cccs2)cc1.